The van der Waals surface area contributed by atoms with E-state index in [2.05, 4.69) is 10.6 Å². The summed E-state index contributed by atoms with van der Waals surface area (Å²) >= 11 is 0. The van der Waals surface area contributed by atoms with Gasteiger partial charge < -0.3 is 24.8 Å². The Kier molecular flexibility index (Phi) is 10.2. The maximum absolute atomic E-state index is 11.9. The predicted octanol–water partition coefficient (Wildman–Crippen LogP) is 0.902. The first-order chi connectivity index (χ1) is 11.6. The topological polar surface area (TPSA) is 120 Å². The zero-order valence-corrected chi connectivity index (χ0v) is 15.5. The molecule has 144 valence electrons. The van der Waals surface area contributed by atoms with Crippen molar-refractivity contribution in [3.63, 3.8) is 0 Å². The van der Waals surface area contributed by atoms with E-state index in [9.17, 15) is 19.2 Å². The van der Waals surface area contributed by atoms with Crippen LogP contribution in [0, 0.1) is 0 Å². The molecule has 0 saturated heterocycles. The Morgan fingerprint density at radius 3 is 2.12 bits per heavy atom. The molecule has 1 atom stereocenters. The van der Waals surface area contributed by atoms with E-state index in [0.717, 1.165) is 0 Å². The minimum absolute atomic E-state index is 0.0375. The largest absolute Gasteiger partial charge is 0.466 e. The highest BCUT2D eigenvalue weighted by atomic mass is 16.6. The first kappa shape index (κ1) is 22.7. The second kappa shape index (κ2) is 11.3. The third-order valence-corrected chi connectivity index (χ3v) is 2.64. The van der Waals surface area contributed by atoms with Gasteiger partial charge in [0.2, 0.25) is 5.91 Å². The first-order valence-electron chi connectivity index (χ1n) is 8.17. The minimum atomic E-state index is -1.00. The number of carbonyl (C=O) groups is 4. The summed E-state index contributed by atoms with van der Waals surface area (Å²) in [6, 6.07) is -1.00. The third kappa shape index (κ3) is 11.8. The summed E-state index contributed by atoms with van der Waals surface area (Å²) in [6.07, 6.45) is -0.755. The van der Waals surface area contributed by atoms with Crippen molar-refractivity contribution >= 4 is 23.9 Å². The average Bonchev–Trinajstić information content (AvgIpc) is 2.48. The van der Waals surface area contributed by atoms with Gasteiger partial charge in [0.05, 0.1) is 13.2 Å². The maximum Gasteiger partial charge on any atom is 0.408 e. The summed E-state index contributed by atoms with van der Waals surface area (Å²) < 4.78 is 14.7. The number of nitrogens with one attached hydrogen (secondary N) is 2. The smallest absolute Gasteiger partial charge is 0.408 e. The van der Waals surface area contributed by atoms with Gasteiger partial charge in [-0.3, -0.25) is 9.59 Å². The number of hydrogen-bond acceptors (Lipinski definition) is 7. The molecule has 25 heavy (non-hydrogen) atoms. The quantitative estimate of drug-likeness (QED) is 0.463. The van der Waals surface area contributed by atoms with E-state index in [1.807, 2.05) is 0 Å². The van der Waals surface area contributed by atoms with Crippen LogP contribution >= 0.6 is 0 Å². The summed E-state index contributed by atoms with van der Waals surface area (Å²) in [7, 11) is 0. The van der Waals surface area contributed by atoms with Crippen LogP contribution in [0.5, 0.6) is 0 Å². The molecule has 0 heterocycles. The lowest BCUT2D eigenvalue weighted by atomic mass is 10.1. The average molecular weight is 360 g/mol. The highest BCUT2D eigenvalue weighted by Gasteiger charge is 2.24. The SMILES string of the molecule is CCOC(=O)CCC(NC(=O)CNC(=O)OC(C)(C)C)C(=O)OCC. The molecule has 0 saturated carbocycles. The normalized spacial score (nSPS) is 11.9. The Balaban J connectivity index is 4.51. The lowest BCUT2D eigenvalue weighted by Gasteiger charge is -2.20. The fourth-order valence-corrected chi connectivity index (χ4v) is 1.70. The van der Waals surface area contributed by atoms with E-state index in [4.69, 9.17) is 14.2 Å². The number of ether oxygens (including phenoxy) is 3. The minimum Gasteiger partial charge on any atom is -0.466 e. The lowest BCUT2D eigenvalue weighted by Crippen LogP contribution is -2.47. The van der Waals surface area contributed by atoms with E-state index in [1.165, 1.54) is 0 Å². The number of rotatable bonds is 9. The molecule has 0 bridgehead atoms. The number of hydrogen-bond donors (Lipinski definition) is 2. The summed E-state index contributed by atoms with van der Waals surface area (Å²) in [6.45, 7) is 8.38. The van der Waals surface area contributed by atoms with Gasteiger partial charge in [0.15, 0.2) is 0 Å². The Morgan fingerprint density at radius 1 is 1.00 bits per heavy atom. The van der Waals surface area contributed by atoms with Crippen LogP contribution in [-0.4, -0.2) is 55.3 Å². The van der Waals surface area contributed by atoms with Gasteiger partial charge in [-0.2, -0.15) is 0 Å². The van der Waals surface area contributed by atoms with Crippen molar-refractivity contribution in [3.8, 4) is 0 Å². The highest BCUT2D eigenvalue weighted by molar-refractivity contribution is 5.87. The molecular formula is C16H28N2O7. The summed E-state index contributed by atoms with van der Waals surface area (Å²) in [5.41, 5.74) is -0.687. The van der Waals surface area contributed by atoms with Crippen molar-refractivity contribution in [2.45, 2.75) is 59.1 Å². The van der Waals surface area contributed by atoms with Gasteiger partial charge in [-0.15, -0.1) is 0 Å². The molecule has 2 N–H and O–H groups in total. The van der Waals surface area contributed by atoms with Crippen molar-refractivity contribution in [1.29, 1.82) is 0 Å². The zero-order valence-electron chi connectivity index (χ0n) is 15.5. The maximum atomic E-state index is 11.9. The van der Waals surface area contributed by atoms with Crippen molar-refractivity contribution in [2.24, 2.45) is 0 Å². The van der Waals surface area contributed by atoms with Crippen molar-refractivity contribution in [2.75, 3.05) is 19.8 Å². The van der Waals surface area contributed by atoms with Crippen molar-refractivity contribution in [1.82, 2.24) is 10.6 Å². The molecule has 0 fully saturated rings. The molecule has 9 heteroatoms. The molecule has 1 unspecified atom stereocenters. The van der Waals surface area contributed by atoms with Crippen LogP contribution in [0.4, 0.5) is 4.79 Å². The fraction of sp³-hybridized carbons (Fsp3) is 0.750. The number of amides is 2. The molecule has 0 aromatic carbocycles. The van der Waals surface area contributed by atoms with E-state index >= 15 is 0 Å². The Labute approximate surface area is 147 Å². The van der Waals surface area contributed by atoms with Crippen LogP contribution in [0.3, 0.4) is 0 Å². The Bertz CT molecular complexity index is 472. The standard InChI is InChI=1S/C16H28N2O7/c1-6-23-13(20)9-8-11(14(21)24-7-2)18-12(19)10-17-15(22)25-16(3,4)5/h11H,6-10H2,1-5H3,(H,17,22)(H,18,19). The highest BCUT2D eigenvalue weighted by Crippen LogP contribution is 2.06. The van der Waals surface area contributed by atoms with Gasteiger partial charge in [0.25, 0.3) is 0 Å². The van der Waals surface area contributed by atoms with Crippen LogP contribution in [0.15, 0.2) is 0 Å². The molecular weight excluding hydrogens is 332 g/mol. The molecule has 0 spiro atoms. The van der Waals surface area contributed by atoms with Crippen LogP contribution in [-0.2, 0) is 28.6 Å². The molecule has 0 radical (unpaired) electrons. The van der Waals surface area contributed by atoms with Crippen LogP contribution in [0.1, 0.15) is 47.5 Å². The summed E-state index contributed by atoms with van der Waals surface area (Å²) in [5.74, 6) is -1.73. The monoisotopic (exact) mass is 360 g/mol. The van der Waals surface area contributed by atoms with Gasteiger partial charge in [-0.25, -0.2) is 9.59 Å². The first-order valence-corrected chi connectivity index (χ1v) is 8.17. The summed E-state index contributed by atoms with van der Waals surface area (Å²) in [4.78, 5) is 46.7. The van der Waals surface area contributed by atoms with Crippen LogP contribution in [0.2, 0.25) is 0 Å². The molecule has 0 aliphatic heterocycles. The lowest BCUT2D eigenvalue weighted by molar-refractivity contribution is -0.148. The Hall–Kier alpha value is -2.32. The molecule has 0 aromatic rings. The molecule has 0 rings (SSSR count). The van der Waals surface area contributed by atoms with Crippen molar-refractivity contribution in [3.05, 3.63) is 0 Å². The molecule has 2 amide bonds. The third-order valence-electron chi connectivity index (χ3n) is 2.64. The van der Waals surface area contributed by atoms with E-state index in [0.29, 0.717) is 0 Å². The van der Waals surface area contributed by atoms with Gasteiger partial charge in [0.1, 0.15) is 18.2 Å². The number of alkyl carbamates (subject to hydrolysis) is 1. The Morgan fingerprint density at radius 2 is 1.60 bits per heavy atom. The van der Waals surface area contributed by atoms with Gasteiger partial charge in [-0.05, 0) is 41.0 Å². The van der Waals surface area contributed by atoms with Gasteiger partial charge in [-0.1, -0.05) is 0 Å². The van der Waals surface area contributed by atoms with E-state index in [1.54, 1.807) is 34.6 Å². The van der Waals surface area contributed by atoms with Crippen molar-refractivity contribution < 1.29 is 33.4 Å². The molecule has 0 aliphatic rings. The zero-order chi connectivity index (χ0) is 19.5. The molecule has 9 nitrogen and oxygen atoms in total. The second-order valence-electron chi connectivity index (χ2n) is 6.07. The fourth-order valence-electron chi connectivity index (χ4n) is 1.70. The number of esters is 2. The predicted molar refractivity (Wildman–Crippen MR) is 88.7 cm³/mol. The van der Waals surface area contributed by atoms with E-state index in [-0.39, 0.29) is 32.6 Å². The molecule has 0 aliphatic carbocycles. The second-order valence-corrected chi connectivity index (χ2v) is 6.07. The van der Waals surface area contributed by atoms with Gasteiger partial charge >= 0.3 is 18.0 Å². The van der Waals surface area contributed by atoms with E-state index < -0.39 is 35.6 Å². The number of carbonyl (C=O) groups excluding carboxylic acids is 4. The van der Waals surface area contributed by atoms with Gasteiger partial charge in [0, 0.05) is 6.42 Å². The van der Waals surface area contributed by atoms with Crippen LogP contribution < -0.4 is 10.6 Å². The molecule has 0 aromatic heterocycles. The van der Waals surface area contributed by atoms with Crippen LogP contribution in [0.25, 0.3) is 0 Å². The summed E-state index contributed by atoms with van der Waals surface area (Å²) in [5, 5.41) is 4.71.